The molecule has 1 aromatic rings. The summed E-state index contributed by atoms with van der Waals surface area (Å²) in [5.41, 5.74) is 0. The molecular weight excluding hydrogens is 312 g/mol. The molecule has 0 aliphatic heterocycles. The van der Waals surface area contributed by atoms with Crippen LogP contribution in [0.5, 0.6) is 0 Å². The normalized spacial score (nSPS) is 10.6. The van der Waals surface area contributed by atoms with Crippen LogP contribution in [-0.2, 0) is 30.0 Å². The molecule has 0 bridgehead atoms. The van der Waals surface area contributed by atoms with Crippen LogP contribution in [0, 0.1) is 0 Å². The highest BCUT2D eigenvalue weighted by molar-refractivity contribution is 7.98. The van der Waals surface area contributed by atoms with Gasteiger partial charge in [-0.25, -0.2) is 9.59 Å². The molecule has 0 unspecified atom stereocenters. The first-order chi connectivity index (χ1) is 11.2. The van der Waals surface area contributed by atoms with Crippen molar-refractivity contribution in [1.82, 2.24) is 0 Å². The van der Waals surface area contributed by atoms with Crippen molar-refractivity contribution in [2.24, 2.45) is 0 Å². The van der Waals surface area contributed by atoms with Crippen LogP contribution in [0.1, 0.15) is 39.5 Å². The minimum atomic E-state index is -0.508. The molecule has 4 nitrogen and oxygen atoms in total. The van der Waals surface area contributed by atoms with E-state index in [4.69, 9.17) is 9.47 Å². The first kappa shape index (κ1) is 19.6. The third-order valence-corrected chi connectivity index (χ3v) is 5.29. The number of esters is 2. The average molecular weight is 339 g/mol. The molecule has 0 spiro atoms. The Morgan fingerprint density at radius 3 is 1.78 bits per heavy atom. The maximum atomic E-state index is 12.0. The Hall–Kier alpha value is -1.49. The summed E-state index contributed by atoms with van der Waals surface area (Å²) >= 11 is 0. The standard InChI is InChI=1S/C18H27O4S/c1-3-5-12-21-17(19)14-23(16-10-8-7-9-11-16)15-18(20)22-13-6-4-2/h7-11H,3-6,12-15H2,1-2H3/q+1. The monoisotopic (exact) mass is 339 g/mol. The van der Waals surface area contributed by atoms with Crippen LogP contribution in [0.3, 0.4) is 0 Å². The van der Waals surface area contributed by atoms with Crippen LogP contribution in [-0.4, -0.2) is 36.7 Å². The smallest absolute Gasteiger partial charge is 0.356 e. The molecule has 0 saturated heterocycles. The van der Waals surface area contributed by atoms with Gasteiger partial charge in [0.15, 0.2) is 4.90 Å². The minimum absolute atomic E-state index is 0.233. The van der Waals surface area contributed by atoms with Crippen molar-refractivity contribution in [1.29, 1.82) is 0 Å². The summed E-state index contributed by atoms with van der Waals surface area (Å²) in [6.07, 6.45) is 3.71. The third kappa shape index (κ3) is 8.65. The van der Waals surface area contributed by atoms with E-state index in [1.807, 2.05) is 30.3 Å². The Kier molecular flexibility index (Phi) is 10.2. The van der Waals surface area contributed by atoms with E-state index >= 15 is 0 Å². The molecule has 0 aliphatic rings. The lowest BCUT2D eigenvalue weighted by atomic mass is 10.4. The van der Waals surface area contributed by atoms with Crippen molar-refractivity contribution < 1.29 is 19.1 Å². The van der Waals surface area contributed by atoms with Gasteiger partial charge in [0.05, 0.1) is 13.2 Å². The van der Waals surface area contributed by atoms with E-state index in [0.29, 0.717) is 13.2 Å². The fourth-order valence-electron chi connectivity index (χ4n) is 1.86. The first-order valence-electron chi connectivity index (χ1n) is 8.21. The molecule has 0 heterocycles. The first-order valence-corrected chi connectivity index (χ1v) is 9.77. The van der Waals surface area contributed by atoms with E-state index < -0.39 is 10.9 Å². The van der Waals surface area contributed by atoms with Gasteiger partial charge in [-0.3, -0.25) is 0 Å². The van der Waals surface area contributed by atoms with Gasteiger partial charge in [-0.2, -0.15) is 0 Å². The topological polar surface area (TPSA) is 52.6 Å². The molecule has 23 heavy (non-hydrogen) atoms. The van der Waals surface area contributed by atoms with Gasteiger partial charge in [-0.05, 0) is 25.0 Å². The summed E-state index contributed by atoms with van der Waals surface area (Å²) in [6.45, 7) is 4.99. The number of hydrogen-bond acceptors (Lipinski definition) is 4. The van der Waals surface area contributed by atoms with Gasteiger partial charge in [0, 0.05) is 10.9 Å². The second kappa shape index (κ2) is 12.0. The summed E-state index contributed by atoms with van der Waals surface area (Å²) in [7, 11) is -0.508. The summed E-state index contributed by atoms with van der Waals surface area (Å²) in [5.74, 6) is -0.0216. The number of carbonyl (C=O) groups is 2. The number of ether oxygens (including phenoxy) is 2. The molecule has 0 aliphatic carbocycles. The van der Waals surface area contributed by atoms with Crippen molar-refractivity contribution in [2.75, 3.05) is 24.7 Å². The summed E-state index contributed by atoms with van der Waals surface area (Å²) in [4.78, 5) is 24.9. The van der Waals surface area contributed by atoms with Gasteiger partial charge in [0.1, 0.15) is 0 Å². The van der Waals surface area contributed by atoms with Gasteiger partial charge < -0.3 is 9.47 Å². The molecule has 0 N–H and O–H groups in total. The highest BCUT2D eigenvalue weighted by Gasteiger charge is 2.30. The Morgan fingerprint density at radius 1 is 0.870 bits per heavy atom. The average Bonchev–Trinajstić information content (AvgIpc) is 2.55. The van der Waals surface area contributed by atoms with Crippen LogP contribution in [0.2, 0.25) is 0 Å². The zero-order valence-corrected chi connectivity index (χ0v) is 14.9. The maximum absolute atomic E-state index is 12.0. The maximum Gasteiger partial charge on any atom is 0.356 e. The molecule has 0 saturated carbocycles. The summed E-state index contributed by atoms with van der Waals surface area (Å²) < 4.78 is 10.5. The third-order valence-electron chi connectivity index (χ3n) is 3.18. The lowest BCUT2D eigenvalue weighted by molar-refractivity contribution is -0.140. The van der Waals surface area contributed by atoms with Crippen molar-refractivity contribution >= 4 is 22.8 Å². The fourth-order valence-corrected chi connectivity index (χ4v) is 3.57. The second-order valence-electron chi connectivity index (χ2n) is 5.24. The van der Waals surface area contributed by atoms with Crippen LogP contribution < -0.4 is 0 Å². The molecular formula is C18H27O4S+. The van der Waals surface area contributed by atoms with E-state index in [2.05, 4.69) is 13.8 Å². The number of carbonyl (C=O) groups excluding carboxylic acids is 2. The van der Waals surface area contributed by atoms with Crippen molar-refractivity contribution in [3.05, 3.63) is 30.3 Å². The number of rotatable bonds is 11. The Morgan fingerprint density at radius 2 is 1.35 bits per heavy atom. The van der Waals surface area contributed by atoms with Gasteiger partial charge >= 0.3 is 11.9 Å². The predicted octanol–water partition coefficient (Wildman–Crippen LogP) is 3.35. The highest BCUT2D eigenvalue weighted by Crippen LogP contribution is 2.15. The summed E-state index contributed by atoms with van der Waals surface area (Å²) in [5, 5.41) is 0. The lowest BCUT2D eigenvalue weighted by Crippen LogP contribution is -2.27. The van der Waals surface area contributed by atoms with Gasteiger partial charge in [-0.1, -0.05) is 44.9 Å². The quantitative estimate of drug-likeness (QED) is 0.352. The van der Waals surface area contributed by atoms with Crippen molar-refractivity contribution in [2.45, 2.75) is 44.4 Å². The van der Waals surface area contributed by atoms with Crippen LogP contribution in [0.25, 0.3) is 0 Å². The summed E-state index contributed by atoms with van der Waals surface area (Å²) in [6, 6.07) is 9.65. The zero-order valence-electron chi connectivity index (χ0n) is 14.1. The van der Waals surface area contributed by atoms with Gasteiger partial charge in [0.2, 0.25) is 11.5 Å². The Labute approximate surface area is 141 Å². The molecule has 0 radical (unpaired) electrons. The SMILES string of the molecule is CCCCOC(=O)C[S+](CC(=O)OCCCC)c1ccccc1. The molecule has 1 aromatic carbocycles. The zero-order chi connectivity index (χ0) is 16.9. The van der Waals surface area contributed by atoms with Crippen LogP contribution in [0.4, 0.5) is 0 Å². The van der Waals surface area contributed by atoms with E-state index in [1.165, 1.54) is 0 Å². The molecule has 5 heteroatoms. The Balaban J connectivity index is 2.59. The van der Waals surface area contributed by atoms with E-state index in [-0.39, 0.29) is 23.4 Å². The molecule has 1 rings (SSSR count). The lowest BCUT2D eigenvalue weighted by Gasteiger charge is -2.09. The van der Waals surface area contributed by atoms with E-state index in [9.17, 15) is 9.59 Å². The second-order valence-corrected chi connectivity index (χ2v) is 7.28. The fraction of sp³-hybridized carbons (Fsp3) is 0.556. The van der Waals surface area contributed by atoms with E-state index in [0.717, 1.165) is 30.6 Å². The molecule has 0 aromatic heterocycles. The molecule has 128 valence electrons. The highest BCUT2D eigenvalue weighted by atomic mass is 32.2. The predicted molar refractivity (Wildman–Crippen MR) is 93.5 cm³/mol. The molecule has 0 amide bonds. The number of unbranched alkanes of at least 4 members (excludes halogenated alkanes) is 2. The van der Waals surface area contributed by atoms with Crippen LogP contribution >= 0.6 is 0 Å². The molecule has 0 fully saturated rings. The number of benzene rings is 1. The number of hydrogen-bond donors (Lipinski definition) is 0. The largest absolute Gasteiger partial charge is 0.462 e. The molecule has 0 atom stereocenters. The van der Waals surface area contributed by atoms with Crippen molar-refractivity contribution in [3.8, 4) is 0 Å². The van der Waals surface area contributed by atoms with E-state index in [1.54, 1.807) is 0 Å². The Bertz CT molecular complexity index is 437. The van der Waals surface area contributed by atoms with Gasteiger partial charge in [0.25, 0.3) is 0 Å². The van der Waals surface area contributed by atoms with Crippen molar-refractivity contribution in [3.63, 3.8) is 0 Å². The van der Waals surface area contributed by atoms with Gasteiger partial charge in [-0.15, -0.1) is 0 Å². The minimum Gasteiger partial charge on any atom is -0.462 e. The van der Waals surface area contributed by atoms with Crippen LogP contribution in [0.15, 0.2) is 35.2 Å².